The van der Waals surface area contributed by atoms with Gasteiger partial charge >= 0.3 is 11.9 Å². The monoisotopic (exact) mass is 726 g/mol. The molecule has 2 heterocycles. The van der Waals surface area contributed by atoms with Crippen LogP contribution in [-0.4, -0.2) is 58.7 Å². The maximum atomic E-state index is 13.8. The molecule has 4 atom stereocenters. The summed E-state index contributed by atoms with van der Waals surface area (Å²) in [6.07, 6.45) is -0.114. The summed E-state index contributed by atoms with van der Waals surface area (Å²) >= 11 is 2.60. The first-order valence-corrected chi connectivity index (χ1v) is 18.2. The van der Waals surface area contributed by atoms with Crippen LogP contribution in [0.3, 0.4) is 0 Å². The zero-order valence-electron chi connectivity index (χ0n) is 28.6. The SMILES string of the molecule is COc1ccc(Cc2ccc(OC)c(C3SC(CC(=O)O)C(=O)N3c3ccccc3C)c2)cc1C1SC(CC(=O)O)C(=O)N1c1ccccc1C. The number of carboxylic acids is 2. The fourth-order valence-electron chi connectivity index (χ4n) is 6.67. The molecular weight excluding hydrogens is 689 g/mol. The largest absolute Gasteiger partial charge is 0.496 e. The Morgan fingerprint density at radius 2 is 1.04 bits per heavy atom. The lowest BCUT2D eigenvalue weighted by molar-refractivity contribution is -0.138. The lowest BCUT2D eigenvalue weighted by Gasteiger charge is -2.28. The van der Waals surface area contributed by atoms with E-state index in [1.807, 2.05) is 98.8 Å². The molecule has 264 valence electrons. The number of aryl methyl sites for hydroxylation is 2. The fraction of sp³-hybridized carbons (Fsp3) is 0.282. The Kier molecular flexibility index (Phi) is 10.6. The highest BCUT2D eigenvalue weighted by Gasteiger charge is 2.45. The molecule has 0 aromatic heterocycles. The number of amides is 2. The highest BCUT2D eigenvalue weighted by atomic mass is 32.2. The van der Waals surface area contributed by atoms with Gasteiger partial charge in [-0.3, -0.25) is 29.0 Å². The molecule has 2 aliphatic rings. The summed E-state index contributed by atoms with van der Waals surface area (Å²) in [5.74, 6) is -1.46. The number of thioether (sulfide) groups is 2. The van der Waals surface area contributed by atoms with Gasteiger partial charge in [0.15, 0.2) is 0 Å². The van der Waals surface area contributed by atoms with Crippen molar-refractivity contribution in [3.05, 3.63) is 118 Å². The van der Waals surface area contributed by atoms with Gasteiger partial charge in [-0.1, -0.05) is 48.5 Å². The first kappa shape index (κ1) is 35.9. The van der Waals surface area contributed by atoms with Gasteiger partial charge in [0.25, 0.3) is 0 Å². The zero-order valence-corrected chi connectivity index (χ0v) is 30.2. The van der Waals surface area contributed by atoms with Crippen LogP contribution >= 0.6 is 23.5 Å². The van der Waals surface area contributed by atoms with E-state index in [0.717, 1.165) is 33.4 Å². The van der Waals surface area contributed by atoms with Crippen molar-refractivity contribution in [2.75, 3.05) is 24.0 Å². The molecule has 4 unspecified atom stereocenters. The quantitative estimate of drug-likeness (QED) is 0.155. The smallest absolute Gasteiger partial charge is 0.305 e. The number of aliphatic carboxylic acids is 2. The minimum absolute atomic E-state index is 0.267. The maximum absolute atomic E-state index is 13.8. The number of hydrogen-bond acceptors (Lipinski definition) is 8. The highest BCUT2D eigenvalue weighted by Crippen LogP contribution is 2.51. The van der Waals surface area contributed by atoms with Crippen molar-refractivity contribution >= 4 is 58.7 Å². The van der Waals surface area contributed by atoms with E-state index in [-0.39, 0.29) is 24.7 Å². The lowest BCUT2D eigenvalue weighted by Crippen LogP contribution is -2.32. The number of ether oxygens (including phenoxy) is 2. The second-order valence-electron chi connectivity index (χ2n) is 12.5. The topological polar surface area (TPSA) is 134 Å². The van der Waals surface area contributed by atoms with Crippen LogP contribution < -0.4 is 19.3 Å². The number of carbonyl (C=O) groups excluding carboxylic acids is 2. The number of anilines is 2. The highest BCUT2D eigenvalue weighted by molar-refractivity contribution is 8.01. The van der Waals surface area contributed by atoms with E-state index in [9.17, 15) is 29.4 Å². The van der Waals surface area contributed by atoms with Crippen molar-refractivity contribution in [3.63, 3.8) is 0 Å². The van der Waals surface area contributed by atoms with Gasteiger partial charge in [0.05, 0.1) is 37.6 Å². The van der Waals surface area contributed by atoms with E-state index in [1.165, 1.54) is 23.5 Å². The Morgan fingerprint density at radius 3 is 1.39 bits per heavy atom. The second kappa shape index (κ2) is 15.1. The predicted octanol–water partition coefficient (Wildman–Crippen LogP) is 7.16. The Hall–Kier alpha value is -4.94. The minimum atomic E-state index is -1.04. The summed E-state index contributed by atoms with van der Waals surface area (Å²) in [5.41, 5.74) is 6.55. The molecule has 0 radical (unpaired) electrons. The molecule has 0 bridgehead atoms. The lowest BCUT2D eigenvalue weighted by atomic mass is 9.99. The Morgan fingerprint density at radius 1 is 0.647 bits per heavy atom. The molecule has 0 spiro atoms. The summed E-state index contributed by atoms with van der Waals surface area (Å²) in [6.45, 7) is 3.84. The van der Waals surface area contributed by atoms with Gasteiger partial charge in [0, 0.05) is 22.5 Å². The van der Waals surface area contributed by atoms with Gasteiger partial charge in [-0.05, 0) is 78.9 Å². The third-order valence-corrected chi connectivity index (χ3v) is 11.9. The van der Waals surface area contributed by atoms with Crippen molar-refractivity contribution in [3.8, 4) is 11.5 Å². The van der Waals surface area contributed by atoms with Gasteiger partial charge < -0.3 is 19.7 Å². The number of para-hydroxylation sites is 2. The van der Waals surface area contributed by atoms with E-state index in [2.05, 4.69) is 0 Å². The van der Waals surface area contributed by atoms with Gasteiger partial charge in [0.2, 0.25) is 11.8 Å². The molecular formula is C39H38N2O8S2. The summed E-state index contributed by atoms with van der Waals surface area (Å²) in [4.78, 5) is 54.4. The van der Waals surface area contributed by atoms with Gasteiger partial charge in [0.1, 0.15) is 22.2 Å². The summed E-state index contributed by atoms with van der Waals surface area (Å²) < 4.78 is 11.6. The molecule has 12 heteroatoms. The summed E-state index contributed by atoms with van der Waals surface area (Å²) in [5, 5.41) is 16.6. The standard InChI is InChI=1S/C39H38N2O8S2/c1-22-9-5-7-11-28(22)40-36(46)32(20-34(42)43)50-38(40)26-18-24(13-15-30(26)48-3)17-25-14-16-31(49-4)27(19-25)39-41(29-12-8-6-10-23(29)2)37(47)33(51-39)21-35(44)45/h5-16,18-19,32-33,38-39H,17,20-21H2,1-4H3,(H,42,43)(H,44,45). The Balaban J connectivity index is 1.38. The third-order valence-electron chi connectivity index (χ3n) is 9.08. The summed E-state index contributed by atoms with van der Waals surface area (Å²) in [6, 6.07) is 26.7. The van der Waals surface area contributed by atoms with Gasteiger partial charge in [-0.15, -0.1) is 23.5 Å². The van der Waals surface area contributed by atoms with Crippen molar-refractivity contribution < 1.29 is 38.9 Å². The van der Waals surface area contributed by atoms with Crippen LogP contribution in [0, 0.1) is 13.8 Å². The van der Waals surface area contributed by atoms with Crippen LogP contribution in [0.5, 0.6) is 11.5 Å². The van der Waals surface area contributed by atoms with Crippen molar-refractivity contribution in [2.24, 2.45) is 0 Å². The van der Waals surface area contributed by atoms with Crippen LogP contribution in [0.2, 0.25) is 0 Å². The molecule has 51 heavy (non-hydrogen) atoms. The molecule has 6 rings (SSSR count). The first-order chi connectivity index (χ1) is 24.5. The molecule has 2 amide bonds. The molecule has 0 saturated carbocycles. The number of carbonyl (C=O) groups is 4. The van der Waals surface area contributed by atoms with E-state index in [4.69, 9.17) is 9.47 Å². The van der Waals surface area contributed by atoms with Crippen LogP contribution in [0.25, 0.3) is 0 Å². The van der Waals surface area contributed by atoms with Crippen LogP contribution in [-0.2, 0) is 25.6 Å². The molecule has 2 N–H and O–H groups in total. The van der Waals surface area contributed by atoms with Crippen molar-refractivity contribution in [1.29, 1.82) is 0 Å². The van der Waals surface area contributed by atoms with Gasteiger partial charge in [-0.25, -0.2) is 0 Å². The molecule has 2 fully saturated rings. The number of benzene rings is 4. The molecule has 4 aromatic rings. The predicted molar refractivity (Wildman–Crippen MR) is 199 cm³/mol. The molecule has 0 aliphatic carbocycles. The van der Waals surface area contributed by atoms with Crippen LogP contribution in [0.15, 0.2) is 84.9 Å². The minimum Gasteiger partial charge on any atom is -0.496 e. The normalized spacial score (nSPS) is 20.2. The van der Waals surface area contributed by atoms with Crippen LogP contribution in [0.4, 0.5) is 11.4 Å². The zero-order chi connectivity index (χ0) is 36.4. The Labute approximate surface area is 304 Å². The fourth-order valence-corrected chi connectivity index (χ4v) is 9.57. The number of methoxy groups -OCH3 is 2. The van der Waals surface area contributed by atoms with E-state index < -0.39 is 33.2 Å². The molecule has 2 aliphatic heterocycles. The number of carboxylic acid groups (broad SMARTS) is 2. The average molecular weight is 727 g/mol. The van der Waals surface area contributed by atoms with Crippen molar-refractivity contribution in [1.82, 2.24) is 0 Å². The average Bonchev–Trinajstić information content (AvgIpc) is 3.59. The number of hydrogen-bond donors (Lipinski definition) is 2. The molecule has 10 nitrogen and oxygen atoms in total. The first-order valence-electron chi connectivity index (χ1n) is 16.4. The van der Waals surface area contributed by atoms with E-state index >= 15 is 0 Å². The molecule has 4 aromatic carbocycles. The van der Waals surface area contributed by atoms with Crippen molar-refractivity contribution in [2.45, 2.75) is 54.4 Å². The Bertz CT molecular complexity index is 1860. The number of nitrogens with zero attached hydrogens (tertiary/aromatic N) is 2. The van der Waals surface area contributed by atoms with Gasteiger partial charge in [-0.2, -0.15) is 0 Å². The maximum Gasteiger partial charge on any atom is 0.305 e. The van der Waals surface area contributed by atoms with Crippen LogP contribution in [0.1, 0.15) is 57.0 Å². The van der Waals surface area contributed by atoms with E-state index in [0.29, 0.717) is 29.3 Å². The second-order valence-corrected chi connectivity index (χ2v) is 15.0. The summed E-state index contributed by atoms with van der Waals surface area (Å²) in [7, 11) is 3.14. The number of rotatable bonds is 12. The third kappa shape index (κ3) is 7.29. The van der Waals surface area contributed by atoms with E-state index in [1.54, 1.807) is 24.0 Å². The molecule has 2 saturated heterocycles.